The first-order chi connectivity index (χ1) is 13.1. The maximum atomic E-state index is 14.0. The van der Waals surface area contributed by atoms with Crippen molar-refractivity contribution in [2.45, 2.75) is 33.0 Å². The molecule has 0 atom stereocenters. The highest BCUT2D eigenvalue weighted by Gasteiger charge is 2.35. The first-order valence-corrected chi connectivity index (χ1v) is 8.68. The normalized spacial score (nSPS) is 12.0. The summed E-state index contributed by atoms with van der Waals surface area (Å²) >= 11 is 0. The number of aromatic nitrogens is 2. The average Bonchev–Trinajstić information content (AvgIpc) is 2.94. The van der Waals surface area contributed by atoms with Crippen LogP contribution < -0.4 is 0 Å². The van der Waals surface area contributed by atoms with E-state index in [2.05, 4.69) is 4.98 Å². The van der Waals surface area contributed by atoms with Crippen LogP contribution in [0, 0.1) is 12.7 Å². The van der Waals surface area contributed by atoms with Crippen LogP contribution in [0.1, 0.15) is 29.9 Å². The van der Waals surface area contributed by atoms with Gasteiger partial charge in [0.1, 0.15) is 12.4 Å². The van der Waals surface area contributed by atoms with Crippen molar-refractivity contribution in [2.24, 2.45) is 0 Å². The molecule has 0 aliphatic rings. The summed E-state index contributed by atoms with van der Waals surface area (Å²) in [7, 11) is 0. The molecule has 0 aliphatic carbocycles. The summed E-state index contributed by atoms with van der Waals surface area (Å²) in [6.07, 6.45) is -1.35. The third-order valence-electron chi connectivity index (χ3n) is 4.45. The van der Waals surface area contributed by atoms with Crippen LogP contribution in [0.5, 0.6) is 0 Å². The van der Waals surface area contributed by atoms with Crippen molar-refractivity contribution < 1.29 is 22.4 Å². The molecule has 28 heavy (non-hydrogen) atoms. The van der Waals surface area contributed by atoms with Gasteiger partial charge in [0.2, 0.25) is 0 Å². The zero-order valence-corrected chi connectivity index (χ0v) is 15.6. The summed E-state index contributed by atoms with van der Waals surface area (Å²) < 4.78 is 54.6. The van der Waals surface area contributed by atoms with Crippen molar-refractivity contribution in [1.82, 2.24) is 14.5 Å². The van der Waals surface area contributed by atoms with Crippen molar-refractivity contribution in [3.05, 3.63) is 59.8 Å². The van der Waals surface area contributed by atoms with Crippen LogP contribution in [0.3, 0.4) is 0 Å². The fourth-order valence-electron chi connectivity index (χ4n) is 3.22. The Morgan fingerprint density at radius 2 is 1.93 bits per heavy atom. The molecule has 0 saturated carbocycles. The smallest absolute Gasteiger partial charge is 0.327 e. The van der Waals surface area contributed by atoms with E-state index >= 15 is 0 Å². The van der Waals surface area contributed by atoms with Crippen LogP contribution in [-0.4, -0.2) is 39.1 Å². The first-order valence-electron chi connectivity index (χ1n) is 8.68. The molecule has 0 saturated heterocycles. The lowest BCUT2D eigenvalue weighted by molar-refractivity contribution is -0.143. The molecule has 3 rings (SSSR count). The minimum atomic E-state index is -4.56. The van der Waals surface area contributed by atoms with Crippen molar-refractivity contribution in [1.29, 1.82) is 0 Å². The minimum absolute atomic E-state index is 0.137. The van der Waals surface area contributed by atoms with Gasteiger partial charge in [0.15, 0.2) is 0 Å². The molecule has 4 nitrogen and oxygen atoms in total. The van der Waals surface area contributed by atoms with Gasteiger partial charge in [-0.2, -0.15) is 13.2 Å². The van der Waals surface area contributed by atoms with Crippen LogP contribution in [0.25, 0.3) is 16.6 Å². The van der Waals surface area contributed by atoms with E-state index in [4.69, 9.17) is 0 Å². The maximum Gasteiger partial charge on any atom is 0.406 e. The number of nitrogens with zero attached hydrogens (tertiary/aromatic N) is 3. The zero-order chi connectivity index (χ0) is 20.6. The molecule has 148 valence electrons. The number of carbonyl (C=O) groups is 1. The Kier molecular flexibility index (Phi) is 5.14. The topological polar surface area (TPSA) is 38.1 Å². The fourth-order valence-corrected chi connectivity index (χ4v) is 3.22. The largest absolute Gasteiger partial charge is 0.406 e. The maximum absolute atomic E-state index is 14.0. The monoisotopic (exact) mass is 393 g/mol. The van der Waals surface area contributed by atoms with Gasteiger partial charge in [-0.25, -0.2) is 4.39 Å². The lowest BCUT2D eigenvalue weighted by Crippen LogP contribution is -2.43. The highest BCUT2D eigenvalue weighted by molar-refractivity contribution is 5.99. The summed E-state index contributed by atoms with van der Waals surface area (Å²) in [5.41, 5.74) is 1.59. The lowest BCUT2D eigenvalue weighted by atomic mass is 10.1. The van der Waals surface area contributed by atoms with E-state index in [1.54, 1.807) is 30.0 Å². The van der Waals surface area contributed by atoms with E-state index in [9.17, 15) is 22.4 Å². The SMILES string of the molecule is Cc1cc2ccncc2n1-c1ccc(F)cc1C(=O)N(CC(F)(F)F)C(C)C. The summed E-state index contributed by atoms with van der Waals surface area (Å²) in [5.74, 6) is -1.58. The zero-order valence-electron chi connectivity index (χ0n) is 15.6. The van der Waals surface area contributed by atoms with E-state index in [0.29, 0.717) is 16.1 Å². The molecule has 0 bridgehead atoms. The van der Waals surface area contributed by atoms with Gasteiger partial charge >= 0.3 is 6.18 Å². The summed E-state index contributed by atoms with van der Waals surface area (Å²) in [6, 6.07) is 6.49. The Bertz CT molecular complexity index is 1020. The molecule has 3 aromatic rings. The van der Waals surface area contributed by atoms with E-state index < -0.39 is 30.5 Å². The third-order valence-corrected chi connectivity index (χ3v) is 4.45. The van der Waals surface area contributed by atoms with Gasteiger partial charge in [-0.15, -0.1) is 0 Å². The van der Waals surface area contributed by atoms with E-state index in [1.807, 2.05) is 6.07 Å². The van der Waals surface area contributed by atoms with Gasteiger partial charge in [0.25, 0.3) is 5.91 Å². The molecular weight excluding hydrogens is 374 g/mol. The Morgan fingerprint density at radius 1 is 1.21 bits per heavy atom. The van der Waals surface area contributed by atoms with Crippen molar-refractivity contribution in [3.8, 4) is 5.69 Å². The predicted octanol–water partition coefficient (Wildman–Crippen LogP) is 4.89. The van der Waals surface area contributed by atoms with Crippen LogP contribution in [0.15, 0.2) is 42.7 Å². The number of hydrogen-bond donors (Lipinski definition) is 0. The summed E-state index contributed by atoms with van der Waals surface area (Å²) in [5, 5.41) is 0.853. The molecule has 0 spiro atoms. The Labute approximate surface area is 159 Å². The number of aryl methyl sites for hydroxylation is 1. The Balaban J connectivity index is 2.18. The van der Waals surface area contributed by atoms with E-state index in [-0.39, 0.29) is 5.56 Å². The van der Waals surface area contributed by atoms with Crippen LogP contribution in [0.4, 0.5) is 17.6 Å². The number of carbonyl (C=O) groups excluding carboxylic acids is 1. The van der Waals surface area contributed by atoms with Gasteiger partial charge in [-0.05, 0) is 51.1 Å². The number of pyridine rings is 1. The number of hydrogen-bond acceptors (Lipinski definition) is 2. The second-order valence-corrected chi connectivity index (χ2v) is 6.86. The molecule has 8 heteroatoms. The number of benzene rings is 1. The van der Waals surface area contributed by atoms with Crippen LogP contribution in [0.2, 0.25) is 0 Å². The van der Waals surface area contributed by atoms with E-state index in [0.717, 1.165) is 17.1 Å². The first kappa shape index (κ1) is 19.9. The van der Waals surface area contributed by atoms with Gasteiger partial charge in [-0.1, -0.05) is 0 Å². The number of rotatable bonds is 4. The van der Waals surface area contributed by atoms with Crippen molar-refractivity contribution in [3.63, 3.8) is 0 Å². The quantitative estimate of drug-likeness (QED) is 0.592. The van der Waals surface area contributed by atoms with Gasteiger partial charge in [0.05, 0.1) is 23.0 Å². The van der Waals surface area contributed by atoms with Crippen molar-refractivity contribution >= 4 is 16.8 Å². The molecule has 0 N–H and O–H groups in total. The average molecular weight is 393 g/mol. The standard InChI is InChI=1S/C20H19F4N3O/c1-12(2)26(11-20(22,23)24)19(28)16-9-15(21)4-5-17(16)27-13(3)8-14-6-7-25-10-18(14)27/h4-10,12H,11H2,1-3H3. The van der Waals surface area contributed by atoms with Gasteiger partial charge in [0, 0.05) is 23.3 Å². The highest BCUT2D eigenvalue weighted by Crippen LogP contribution is 2.28. The van der Waals surface area contributed by atoms with Gasteiger partial charge in [-0.3, -0.25) is 9.78 Å². The minimum Gasteiger partial charge on any atom is -0.327 e. The predicted molar refractivity (Wildman–Crippen MR) is 98.0 cm³/mol. The molecule has 0 aliphatic heterocycles. The van der Waals surface area contributed by atoms with Crippen LogP contribution >= 0.6 is 0 Å². The number of alkyl halides is 3. The van der Waals surface area contributed by atoms with Crippen LogP contribution in [-0.2, 0) is 0 Å². The molecule has 0 unspecified atom stereocenters. The summed E-state index contributed by atoms with van der Waals surface area (Å²) in [4.78, 5) is 17.8. The van der Waals surface area contributed by atoms with Crippen molar-refractivity contribution in [2.75, 3.05) is 6.54 Å². The number of fused-ring (bicyclic) bond motifs is 1. The molecule has 0 fully saturated rings. The molecule has 1 amide bonds. The molecule has 2 heterocycles. The highest BCUT2D eigenvalue weighted by atomic mass is 19.4. The van der Waals surface area contributed by atoms with E-state index in [1.165, 1.54) is 26.0 Å². The summed E-state index contributed by atoms with van der Waals surface area (Å²) in [6.45, 7) is 3.37. The lowest BCUT2D eigenvalue weighted by Gasteiger charge is -2.29. The Morgan fingerprint density at radius 3 is 2.57 bits per heavy atom. The second-order valence-electron chi connectivity index (χ2n) is 6.86. The second kappa shape index (κ2) is 7.26. The fraction of sp³-hybridized carbons (Fsp3) is 0.300. The third kappa shape index (κ3) is 3.85. The number of halogens is 4. The number of amides is 1. The molecule has 1 aromatic carbocycles. The Hall–Kier alpha value is -2.90. The molecule has 0 radical (unpaired) electrons. The van der Waals surface area contributed by atoms with Gasteiger partial charge < -0.3 is 9.47 Å². The molecular formula is C20H19F4N3O. The molecule has 2 aromatic heterocycles.